The van der Waals surface area contributed by atoms with Crippen LogP contribution in [0.1, 0.15) is 24.8 Å². The second-order valence-electron chi connectivity index (χ2n) is 7.02. The molecule has 2 aliphatic rings. The molecule has 0 spiro atoms. The zero-order valence-corrected chi connectivity index (χ0v) is 16.9. The number of halogens is 2. The van der Waals surface area contributed by atoms with Crippen molar-refractivity contribution in [2.45, 2.75) is 19.3 Å². The van der Waals surface area contributed by atoms with E-state index in [2.05, 4.69) is 4.90 Å². The fourth-order valence-electron chi connectivity index (χ4n) is 3.52. The second kappa shape index (κ2) is 9.58. The minimum Gasteiger partial charge on any atom is -0.342 e. The van der Waals surface area contributed by atoms with E-state index in [1.54, 1.807) is 24.3 Å². The van der Waals surface area contributed by atoms with Crippen LogP contribution in [0.2, 0.25) is 10.0 Å². The Bertz CT molecular complexity index is 717. The van der Waals surface area contributed by atoms with E-state index in [1.165, 1.54) is 0 Å². The molecule has 0 aromatic heterocycles. The average Bonchev–Trinajstić information content (AvgIpc) is 3.10. The number of benzene rings is 1. The van der Waals surface area contributed by atoms with Gasteiger partial charge >= 0.3 is 0 Å². The molecule has 2 fully saturated rings. The number of amides is 2. The Hall–Kier alpha value is -1.56. The van der Waals surface area contributed by atoms with Crippen LogP contribution in [-0.4, -0.2) is 72.3 Å². The van der Waals surface area contributed by atoms with Crippen molar-refractivity contribution in [3.8, 4) is 0 Å². The molecule has 0 unspecified atom stereocenters. The minimum atomic E-state index is -0.0428. The van der Waals surface area contributed by atoms with E-state index in [9.17, 15) is 9.59 Å². The Labute approximate surface area is 170 Å². The summed E-state index contributed by atoms with van der Waals surface area (Å²) in [5.74, 6) is 0.168. The number of carbonyl (C=O) groups excluding carboxylic acids is 2. The first kappa shape index (κ1) is 20.2. The Morgan fingerprint density at radius 1 is 0.926 bits per heavy atom. The normalized spacial score (nSPS) is 18.9. The molecule has 2 amide bonds. The van der Waals surface area contributed by atoms with Gasteiger partial charge in [0.15, 0.2) is 0 Å². The summed E-state index contributed by atoms with van der Waals surface area (Å²) in [5, 5.41) is 0.921. The summed E-state index contributed by atoms with van der Waals surface area (Å²) in [6.07, 6.45) is 6.33. The van der Waals surface area contributed by atoms with E-state index in [-0.39, 0.29) is 11.8 Å². The predicted molar refractivity (Wildman–Crippen MR) is 109 cm³/mol. The van der Waals surface area contributed by atoms with Gasteiger partial charge in [0.05, 0.1) is 16.6 Å². The number of rotatable bonds is 4. The lowest BCUT2D eigenvalue weighted by Crippen LogP contribution is -2.41. The molecule has 2 saturated heterocycles. The predicted octanol–water partition coefficient (Wildman–Crippen LogP) is 3.16. The van der Waals surface area contributed by atoms with Crippen molar-refractivity contribution < 1.29 is 9.59 Å². The maximum atomic E-state index is 12.5. The summed E-state index contributed by atoms with van der Waals surface area (Å²) in [7, 11) is 0. The van der Waals surface area contributed by atoms with Crippen molar-refractivity contribution in [1.29, 1.82) is 0 Å². The van der Waals surface area contributed by atoms with Crippen molar-refractivity contribution in [1.82, 2.24) is 14.7 Å². The molecular weight excluding hydrogens is 385 g/mol. The Balaban J connectivity index is 1.52. The molecule has 7 heteroatoms. The third kappa shape index (κ3) is 5.47. The van der Waals surface area contributed by atoms with Gasteiger partial charge in [0.25, 0.3) is 0 Å². The number of hydrogen-bond donors (Lipinski definition) is 0. The van der Waals surface area contributed by atoms with Gasteiger partial charge < -0.3 is 9.80 Å². The van der Waals surface area contributed by atoms with Gasteiger partial charge in [-0.2, -0.15) is 0 Å². The highest BCUT2D eigenvalue weighted by molar-refractivity contribution is 6.42. The van der Waals surface area contributed by atoms with Gasteiger partial charge in [0.2, 0.25) is 11.8 Å². The topological polar surface area (TPSA) is 43.9 Å². The van der Waals surface area contributed by atoms with Crippen LogP contribution >= 0.6 is 23.2 Å². The Kier molecular flexibility index (Phi) is 7.16. The summed E-state index contributed by atoms with van der Waals surface area (Å²) in [6.45, 7) is 5.10. The van der Waals surface area contributed by atoms with Gasteiger partial charge in [-0.1, -0.05) is 35.3 Å². The number of hydrogen-bond acceptors (Lipinski definition) is 3. The maximum absolute atomic E-state index is 12.5. The molecule has 0 N–H and O–H groups in total. The third-order valence-corrected chi connectivity index (χ3v) is 5.94. The van der Waals surface area contributed by atoms with Crippen LogP contribution < -0.4 is 0 Å². The van der Waals surface area contributed by atoms with E-state index in [4.69, 9.17) is 23.2 Å². The highest BCUT2D eigenvalue weighted by atomic mass is 35.5. The van der Waals surface area contributed by atoms with E-state index in [1.807, 2.05) is 15.9 Å². The molecular formula is C20H25Cl2N3O2. The Morgan fingerprint density at radius 3 is 2.44 bits per heavy atom. The first-order chi connectivity index (χ1) is 13.0. The summed E-state index contributed by atoms with van der Waals surface area (Å²) >= 11 is 12.2. The third-order valence-electron chi connectivity index (χ3n) is 5.10. The SMILES string of the molecule is O=C(/C=C/c1cccc(Cl)c1Cl)N1CCCN(CC(=O)N2CCCC2)CC1. The van der Waals surface area contributed by atoms with Crippen LogP contribution in [0.4, 0.5) is 0 Å². The first-order valence-corrected chi connectivity index (χ1v) is 10.2. The molecule has 2 heterocycles. The molecule has 5 nitrogen and oxygen atoms in total. The number of likely N-dealkylation sites (tertiary alicyclic amines) is 1. The van der Waals surface area contributed by atoms with E-state index >= 15 is 0 Å². The van der Waals surface area contributed by atoms with Gasteiger partial charge in [0.1, 0.15) is 0 Å². The quantitative estimate of drug-likeness (QED) is 0.717. The lowest BCUT2D eigenvalue weighted by atomic mass is 10.2. The summed E-state index contributed by atoms with van der Waals surface area (Å²) < 4.78 is 0. The van der Waals surface area contributed by atoms with Crippen LogP contribution in [0.5, 0.6) is 0 Å². The smallest absolute Gasteiger partial charge is 0.246 e. The van der Waals surface area contributed by atoms with Crippen molar-refractivity contribution in [2.75, 3.05) is 45.8 Å². The van der Waals surface area contributed by atoms with Crippen molar-refractivity contribution >= 4 is 41.1 Å². The molecule has 0 aliphatic carbocycles. The molecule has 146 valence electrons. The molecule has 0 atom stereocenters. The van der Waals surface area contributed by atoms with Crippen molar-refractivity contribution in [3.05, 3.63) is 39.9 Å². The Morgan fingerprint density at radius 2 is 1.67 bits per heavy atom. The lowest BCUT2D eigenvalue weighted by Gasteiger charge is -2.23. The van der Waals surface area contributed by atoms with Crippen LogP contribution in [0.3, 0.4) is 0 Å². The summed E-state index contributed by atoms with van der Waals surface area (Å²) in [4.78, 5) is 30.8. The van der Waals surface area contributed by atoms with Crippen LogP contribution in [0, 0.1) is 0 Å². The number of nitrogens with zero attached hydrogens (tertiary/aromatic N) is 3. The highest BCUT2D eigenvalue weighted by Crippen LogP contribution is 2.26. The largest absolute Gasteiger partial charge is 0.342 e. The molecule has 1 aromatic carbocycles. The zero-order valence-electron chi connectivity index (χ0n) is 15.4. The van der Waals surface area contributed by atoms with Crippen molar-refractivity contribution in [3.63, 3.8) is 0 Å². The summed E-state index contributed by atoms with van der Waals surface area (Å²) in [6, 6.07) is 5.35. The van der Waals surface area contributed by atoms with Crippen molar-refractivity contribution in [2.24, 2.45) is 0 Å². The minimum absolute atomic E-state index is 0.0428. The van der Waals surface area contributed by atoms with E-state index in [0.717, 1.165) is 51.0 Å². The molecule has 0 radical (unpaired) electrons. The average molecular weight is 410 g/mol. The summed E-state index contributed by atoms with van der Waals surface area (Å²) in [5.41, 5.74) is 0.727. The zero-order chi connectivity index (χ0) is 19.2. The fourth-order valence-corrected chi connectivity index (χ4v) is 3.89. The number of carbonyl (C=O) groups is 2. The van der Waals surface area contributed by atoms with Gasteiger partial charge in [-0.25, -0.2) is 0 Å². The molecule has 0 bridgehead atoms. The van der Waals surface area contributed by atoms with Gasteiger partial charge in [-0.15, -0.1) is 0 Å². The fraction of sp³-hybridized carbons (Fsp3) is 0.500. The van der Waals surface area contributed by atoms with E-state index < -0.39 is 0 Å². The lowest BCUT2D eigenvalue weighted by molar-refractivity contribution is -0.131. The standard InChI is InChI=1S/C20H25Cl2N3O2/c21-17-6-3-5-16(20(17)22)7-8-18(26)25-12-4-9-23(13-14-25)15-19(27)24-10-1-2-11-24/h3,5-8H,1-2,4,9-15H2/b8-7+. The van der Waals surface area contributed by atoms with Gasteiger partial charge in [-0.05, 0) is 37.0 Å². The first-order valence-electron chi connectivity index (χ1n) is 9.46. The molecule has 3 rings (SSSR count). The van der Waals surface area contributed by atoms with Crippen LogP contribution in [0.25, 0.3) is 6.08 Å². The van der Waals surface area contributed by atoms with Crippen LogP contribution in [-0.2, 0) is 9.59 Å². The molecule has 1 aromatic rings. The molecule has 27 heavy (non-hydrogen) atoms. The van der Waals surface area contributed by atoms with Gasteiger partial charge in [0, 0.05) is 45.3 Å². The van der Waals surface area contributed by atoms with E-state index in [0.29, 0.717) is 29.7 Å². The molecule has 2 aliphatic heterocycles. The van der Waals surface area contributed by atoms with Crippen LogP contribution in [0.15, 0.2) is 24.3 Å². The highest BCUT2D eigenvalue weighted by Gasteiger charge is 2.23. The monoisotopic (exact) mass is 409 g/mol. The molecule has 0 saturated carbocycles. The second-order valence-corrected chi connectivity index (χ2v) is 7.80. The maximum Gasteiger partial charge on any atom is 0.246 e. The van der Waals surface area contributed by atoms with Gasteiger partial charge in [-0.3, -0.25) is 14.5 Å².